The van der Waals surface area contributed by atoms with Crippen LogP contribution in [-0.4, -0.2) is 45.0 Å². The van der Waals surface area contributed by atoms with Crippen LogP contribution in [0.4, 0.5) is 14.7 Å². The lowest BCUT2D eigenvalue weighted by molar-refractivity contribution is -0.131. The summed E-state index contributed by atoms with van der Waals surface area (Å²) in [6.45, 7) is 7.08. The van der Waals surface area contributed by atoms with Gasteiger partial charge in [0, 0.05) is 24.6 Å². The quantitative estimate of drug-likeness (QED) is 0.245. The van der Waals surface area contributed by atoms with Gasteiger partial charge in [-0.15, -0.1) is 11.6 Å². The molecule has 6 rings (SSSR count). The first-order valence-electron chi connectivity index (χ1n) is 13.7. The molecule has 2 aliphatic rings. The molecular weight excluding hydrogens is 558 g/mol. The van der Waals surface area contributed by atoms with E-state index in [4.69, 9.17) is 15.7 Å². The Morgan fingerprint density at radius 1 is 1.12 bits per heavy atom. The highest BCUT2D eigenvalue weighted by molar-refractivity contribution is 6.01. The molecule has 10 nitrogen and oxygen atoms in total. The highest BCUT2D eigenvalue weighted by atomic mass is 19.3. The van der Waals surface area contributed by atoms with Crippen LogP contribution in [0.2, 0.25) is 0 Å². The molecular formula is C31H26F2N6O4. The van der Waals surface area contributed by atoms with Gasteiger partial charge in [-0.1, -0.05) is 23.3 Å². The molecule has 2 aromatic heterocycles. The third kappa shape index (κ3) is 5.32. The van der Waals surface area contributed by atoms with Crippen LogP contribution in [0.25, 0.3) is 32.6 Å². The van der Waals surface area contributed by atoms with E-state index in [0.29, 0.717) is 35.2 Å². The summed E-state index contributed by atoms with van der Waals surface area (Å²) in [4.78, 5) is 33.9. The van der Waals surface area contributed by atoms with Crippen molar-refractivity contribution in [1.82, 2.24) is 20.1 Å². The van der Waals surface area contributed by atoms with E-state index >= 15 is 0 Å². The molecule has 0 atom stereocenters. The number of hydrogen-bond acceptors (Lipinski definition) is 7. The second-order valence-electron chi connectivity index (χ2n) is 11.2. The highest BCUT2D eigenvalue weighted by Crippen LogP contribution is 2.50. The number of furan rings is 1. The lowest BCUT2D eigenvalue weighted by Gasteiger charge is -2.39. The minimum absolute atomic E-state index is 0.0138. The Balaban J connectivity index is 1.25. The molecule has 218 valence electrons. The second-order valence-corrected chi connectivity index (χ2v) is 11.2. The number of alkyl halides is 2. The number of amides is 1. The molecule has 0 bridgehead atoms. The summed E-state index contributed by atoms with van der Waals surface area (Å²) in [5, 5.41) is 17.0. The van der Waals surface area contributed by atoms with E-state index in [2.05, 4.69) is 26.3 Å². The maximum absolute atomic E-state index is 14.1. The number of methoxy groups -OCH3 is 1. The number of ether oxygens (including phenoxy) is 1. The van der Waals surface area contributed by atoms with E-state index in [1.54, 1.807) is 30.3 Å². The first-order chi connectivity index (χ1) is 20.6. The number of rotatable bonds is 8. The molecule has 2 aromatic carbocycles. The summed E-state index contributed by atoms with van der Waals surface area (Å²) < 4.78 is 41.0. The number of carbonyl (C=O) groups is 2. The van der Waals surface area contributed by atoms with Gasteiger partial charge in [0.05, 0.1) is 24.1 Å². The third-order valence-corrected chi connectivity index (χ3v) is 8.39. The molecule has 12 heteroatoms. The van der Waals surface area contributed by atoms with Gasteiger partial charge in [-0.25, -0.2) is 8.78 Å². The largest absolute Gasteiger partial charge is 0.494 e. The van der Waals surface area contributed by atoms with Crippen LogP contribution >= 0.6 is 0 Å². The molecule has 2 saturated carbocycles. The third-order valence-electron chi connectivity index (χ3n) is 8.39. The van der Waals surface area contributed by atoms with Crippen molar-refractivity contribution in [3.05, 3.63) is 66.0 Å². The van der Waals surface area contributed by atoms with Crippen molar-refractivity contribution in [2.75, 3.05) is 7.11 Å². The van der Waals surface area contributed by atoms with Crippen molar-refractivity contribution in [1.29, 1.82) is 5.26 Å². The van der Waals surface area contributed by atoms with Crippen molar-refractivity contribution in [3.63, 3.8) is 0 Å². The number of hydrogen-bond donors (Lipinski definition) is 1. The van der Waals surface area contributed by atoms with Crippen LogP contribution in [-0.2, 0) is 4.79 Å². The predicted molar refractivity (Wildman–Crippen MR) is 150 cm³/mol. The number of fused-ring (bicyclic) bond motifs is 1. The summed E-state index contributed by atoms with van der Waals surface area (Å²) in [6, 6.07) is 14.6. The number of aromatic nitrogens is 3. The minimum atomic E-state index is -2.91. The van der Waals surface area contributed by atoms with Crippen LogP contribution in [0.3, 0.4) is 0 Å². The fourth-order valence-corrected chi connectivity index (χ4v) is 5.54. The fraction of sp³-hybridized carbons (Fsp3) is 0.355. The molecule has 0 radical (unpaired) electrons. The number of halogens is 2. The molecule has 1 amide bonds. The number of benzene rings is 2. The molecule has 1 N–H and O–H groups in total. The van der Waals surface area contributed by atoms with Gasteiger partial charge in [-0.2, -0.15) is 9.94 Å². The first-order valence-corrected chi connectivity index (χ1v) is 13.7. The lowest BCUT2D eigenvalue weighted by atomic mass is 9.74. The molecule has 43 heavy (non-hydrogen) atoms. The van der Waals surface area contributed by atoms with Gasteiger partial charge in [-0.3, -0.25) is 9.59 Å². The Labute approximate surface area is 245 Å². The van der Waals surface area contributed by atoms with Crippen LogP contribution in [0.15, 0.2) is 53.2 Å². The van der Waals surface area contributed by atoms with Gasteiger partial charge in [0.1, 0.15) is 17.0 Å². The van der Waals surface area contributed by atoms with Gasteiger partial charge in [0.25, 0.3) is 5.91 Å². The average molecular weight is 585 g/mol. The van der Waals surface area contributed by atoms with Crippen LogP contribution in [0.1, 0.15) is 55.5 Å². The Bertz CT molecular complexity index is 1830. The first kappa shape index (κ1) is 28.0. The molecule has 2 aliphatic carbocycles. The van der Waals surface area contributed by atoms with E-state index in [-0.39, 0.29) is 36.8 Å². The Hall–Kier alpha value is -5.10. The summed E-state index contributed by atoms with van der Waals surface area (Å²) in [7, 11) is 1.52. The summed E-state index contributed by atoms with van der Waals surface area (Å²) >= 11 is 0. The molecule has 2 heterocycles. The second kappa shape index (κ2) is 10.3. The van der Waals surface area contributed by atoms with Gasteiger partial charge in [-0.05, 0) is 61.1 Å². The Kier molecular flexibility index (Phi) is 6.73. The van der Waals surface area contributed by atoms with Crippen LogP contribution in [0, 0.1) is 23.3 Å². The topological polar surface area (TPSA) is 127 Å². The van der Waals surface area contributed by atoms with Crippen LogP contribution in [0.5, 0.6) is 5.75 Å². The lowest BCUT2D eigenvalue weighted by Crippen LogP contribution is -2.58. The van der Waals surface area contributed by atoms with Gasteiger partial charge in [0.2, 0.25) is 5.92 Å². The van der Waals surface area contributed by atoms with Crippen LogP contribution < -0.4 is 10.1 Å². The normalized spacial score (nSPS) is 17.9. The van der Waals surface area contributed by atoms with Crippen molar-refractivity contribution >= 4 is 28.6 Å². The van der Waals surface area contributed by atoms with Gasteiger partial charge >= 0.3 is 5.95 Å². The standard InChI is InChI=1S/C31H26F2N6O4/c1-35-28-36-18-39(38-28)22-6-5-20(14-24(22)42-2)19-3-4-21-15-25(43-23(21)13-19)27(41)37-30(9-11-31(32,33)12-10-30)26(40)16-29(17-34)7-8-29/h3-6,13-15,18H,7-12,16H2,2H3,(H,37,41). The minimum Gasteiger partial charge on any atom is -0.494 e. The predicted octanol–water partition coefficient (Wildman–Crippen LogP) is 6.18. The molecule has 0 spiro atoms. The number of nitrogens with zero attached hydrogens (tertiary/aromatic N) is 5. The van der Waals surface area contributed by atoms with E-state index in [1.165, 1.54) is 18.1 Å². The molecule has 2 fully saturated rings. The van der Waals surface area contributed by atoms with E-state index in [1.807, 2.05) is 12.1 Å². The SMILES string of the molecule is [C-]#[N+]c1ncn(-c2ccc(-c3ccc4cc(C(=O)NC5(C(=O)CC6(C#N)CC6)CCC(F)(F)CC5)oc4c3)cc2OC)n1. The summed E-state index contributed by atoms with van der Waals surface area (Å²) in [5.74, 6) is -3.50. The van der Waals surface area contributed by atoms with Crippen molar-refractivity contribution in [2.24, 2.45) is 5.41 Å². The molecule has 0 saturated heterocycles. The number of ketones is 1. The zero-order chi connectivity index (χ0) is 30.4. The number of nitrogens with one attached hydrogen (secondary N) is 1. The zero-order valence-corrected chi connectivity index (χ0v) is 23.2. The zero-order valence-electron chi connectivity index (χ0n) is 23.2. The Morgan fingerprint density at radius 2 is 1.84 bits per heavy atom. The summed E-state index contributed by atoms with van der Waals surface area (Å²) in [5.41, 5.74) is 0.328. The fourth-order valence-electron chi connectivity index (χ4n) is 5.54. The highest BCUT2D eigenvalue weighted by Gasteiger charge is 2.53. The Morgan fingerprint density at radius 3 is 2.49 bits per heavy atom. The summed E-state index contributed by atoms with van der Waals surface area (Å²) in [6.07, 6.45) is 1.06. The van der Waals surface area contributed by atoms with Gasteiger partial charge in [0.15, 0.2) is 17.9 Å². The smallest absolute Gasteiger partial charge is 0.393 e. The average Bonchev–Trinajstić information content (AvgIpc) is 3.40. The number of nitriles is 1. The van der Waals surface area contributed by atoms with E-state index in [0.717, 1.165) is 11.1 Å². The van der Waals surface area contributed by atoms with Crippen molar-refractivity contribution in [2.45, 2.75) is 56.4 Å². The van der Waals surface area contributed by atoms with Crippen molar-refractivity contribution < 1.29 is 27.5 Å². The number of Topliss-reactive ketones (excluding diaryl/α,β-unsaturated/α-hetero) is 1. The molecule has 0 unspecified atom stereocenters. The van der Waals surface area contributed by atoms with Gasteiger partial charge < -0.3 is 19.3 Å². The van der Waals surface area contributed by atoms with E-state index < -0.39 is 35.6 Å². The van der Waals surface area contributed by atoms with E-state index in [9.17, 15) is 23.6 Å². The monoisotopic (exact) mass is 584 g/mol. The molecule has 0 aliphatic heterocycles. The maximum Gasteiger partial charge on any atom is 0.393 e. The maximum atomic E-state index is 14.1. The van der Waals surface area contributed by atoms with Crippen molar-refractivity contribution in [3.8, 4) is 28.6 Å². The number of carbonyl (C=O) groups excluding carboxylic acids is 2. The molecule has 4 aromatic rings.